The van der Waals surface area contributed by atoms with E-state index in [0.29, 0.717) is 12.6 Å². The van der Waals surface area contributed by atoms with Gasteiger partial charge < -0.3 is 10.1 Å². The maximum atomic E-state index is 5.76. The maximum absolute atomic E-state index is 5.76. The molecule has 0 aliphatic heterocycles. The van der Waals surface area contributed by atoms with Crippen LogP contribution in [0.2, 0.25) is 0 Å². The highest BCUT2D eigenvalue weighted by molar-refractivity contribution is 7.07. The van der Waals surface area contributed by atoms with Crippen molar-refractivity contribution in [1.29, 1.82) is 0 Å². The van der Waals surface area contributed by atoms with E-state index in [-0.39, 0.29) is 0 Å². The molecular weight excluding hydrogens is 254 g/mol. The van der Waals surface area contributed by atoms with Crippen molar-refractivity contribution in [3.63, 3.8) is 0 Å². The van der Waals surface area contributed by atoms with Gasteiger partial charge in [0.15, 0.2) is 0 Å². The molecule has 0 fully saturated rings. The van der Waals surface area contributed by atoms with Crippen LogP contribution in [0.25, 0.3) is 0 Å². The Morgan fingerprint density at radius 1 is 1.16 bits per heavy atom. The highest BCUT2D eigenvalue weighted by Gasteiger charge is 2.07. The standard InChI is InChI=1S/C16H21NOS/c1-3-16(17-4-2)14-5-7-15(8-6-14)18-11-13-9-10-19-12-13/h5-10,12,16-17H,3-4,11H2,1-2H3. The van der Waals surface area contributed by atoms with Crippen LogP contribution >= 0.6 is 11.3 Å². The highest BCUT2D eigenvalue weighted by Crippen LogP contribution is 2.21. The molecule has 2 aromatic rings. The summed E-state index contributed by atoms with van der Waals surface area (Å²) in [5.41, 5.74) is 2.56. The lowest BCUT2D eigenvalue weighted by Gasteiger charge is -2.16. The van der Waals surface area contributed by atoms with Gasteiger partial charge in [0.2, 0.25) is 0 Å². The van der Waals surface area contributed by atoms with Crippen LogP contribution in [-0.4, -0.2) is 6.54 Å². The second-order valence-electron chi connectivity index (χ2n) is 4.51. The van der Waals surface area contributed by atoms with Gasteiger partial charge in [0.05, 0.1) is 0 Å². The minimum atomic E-state index is 0.441. The third-order valence-corrected chi connectivity index (χ3v) is 3.86. The van der Waals surface area contributed by atoms with Gasteiger partial charge in [0, 0.05) is 6.04 Å². The molecule has 0 aliphatic carbocycles. The Hall–Kier alpha value is -1.32. The first-order valence-electron chi connectivity index (χ1n) is 6.80. The molecule has 2 nitrogen and oxygen atoms in total. The number of benzene rings is 1. The molecule has 1 heterocycles. The quantitative estimate of drug-likeness (QED) is 0.809. The van der Waals surface area contributed by atoms with Crippen LogP contribution < -0.4 is 10.1 Å². The predicted molar refractivity (Wildman–Crippen MR) is 81.8 cm³/mol. The number of rotatable bonds is 7. The molecule has 0 spiro atoms. The van der Waals surface area contributed by atoms with Gasteiger partial charge in [0.1, 0.15) is 12.4 Å². The molecule has 0 saturated heterocycles. The van der Waals surface area contributed by atoms with E-state index in [1.54, 1.807) is 11.3 Å². The first-order chi connectivity index (χ1) is 9.33. The van der Waals surface area contributed by atoms with Crippen molar-refractivity contribution in [3.05, 3.63) is 52.2 Å². The molecule has 1 unspecified atom stereocenters. The second-order valence-corrected chi connectivity index (χ2v) is 5.29. The van der Waals surface area contributed by atoms with E-state index in [2.05, 4.69) is 60.3 Å². The Bertz CT molecular complexity index is 464. The Morgan fingerprint density at radius 3 is 2.53 bits per heavy atom. The SMILES string of the molecule is CCNC(CC)c1ccc(OCc2ccsc2)cc1. The van der Waals surface area contributed by atoms with Gasteiger partial charge in [-0.15, -0.1) is 0 Å². The zero-order chi connectivity index (χ0) is 13.5. The summed E-state index contributed by atoms with van der Waals surface area (Å²) in [5.74, 6) is 0.932. The summed E-state index contributed by atoms with van der Waals surface area (Å²) in [7, 11) is 0. The predicted octanol–water partition coefficient (Wildman–Crippen LogP) is 4.39. The monoisotopic (exact) mass is 275 g/mol. The van der Waals surface area contributed by atoms with E-state index in [1.165, 1.54) is 11.1 Å². The molecule has 19 heavy (non-hydrogen) atoms. The fourth-order valence-corrected chi connectivity index (χ4v) is 2.74. The van der Waals surface area contributed by atoms with Crippen LogP contribution in [0.4, 0.5) is 0 Å². The Labute approximate surface area is 119 Å². The van der Waals surface area contributed by atoms with Crippen molar-refractivity contribution in [3.8, 4) is 5.75 Å². The summed E-state index contributed by atoms with van der Waals surface area (Å²) in [5, 5.41) is 7.67. The normalized spacial score (nSPS) is 12.3. The number of hydrogen-bond donors (Lipinski definition) is 1. The Kier molecular flexibility index (Phi) is 5.43. The zero-order valence-corrected chi connectivity index (χ0v) is 12.4. The van der Waals surface area contributed by atoms with E-state index >= 15 is 0 Å². The summed E-state index contributed by atoms with van der Waals surface area (Å²) in [6.07, 6.45) is 1.10. The number of nitrogens with one attached hydrogen (secondary N) is 1. The van der Waals surface area contributed by atoms with Gasteiger partial charge >= 0.3 is 0 Å². The fourth-order valence-electron chi connectivity index (χ4n) is 2.08. The number of ether oxygens (including phenoxy) is 1. The van der Waals surface area contributed by atoms with E-state index < -0.39 is 0 Å². The molecule has 102 valence electrons. The largest absolute Gasteiger partial charge is 0.489 e. The molecule has 0 amide bonds. The zero-order valence-electron chi connectivity index (χ0n) is 11.6. The van der Waals surface area contributed by atoms with Gasteiger partial charge in [-0.05, 0) is 53.1 Å². The lowest BCUT2D eigenvalue weighted by molar-refractivity contribution is 0.306. The average molecular weight is 275 g/mol. The van der Waals surface area contributed by atoms with Gasteiger partial charge in [-0.2, -0.15) is 11.3 Å². The summed E-state index contributed by atoms with van der Waals surface area (Å²) >= 11 is 1.70. The molecule has 3 heteroatoms. The lowest BCUT2D eigenvalue weighted by Crippen LogP contribution is -2.19. The van der Waals surface area contributed by atoms with E-state index in [4.69, 9.17) is 4.74 Å². The third kappa shape index (κ3) is 4.08. The van der Waals surface area contributed by atoms with Crippen molar-refractivity contribution in [2.24, 2.45) is 0 Å². The van der Waals surface area contributed by atoms with Crippen molar-refractivity contribution < 1.29 is 4.74 Å². The summed E-state index contributed by atoms with van der Waals surface area (Å²) < 4.78 is 5.76. The van der Waals surface area contributed by atoms with E-state index in [1.807, 2.05) is 0 Å². The molecule has 2 rings (SSSR count). The molecule has 1 aromatic carbocycles. The topological polar surface area (TPSA) is 21.3 Å². The molecule has 0 saturated carbocycles. The average Bonchev–Trinajstić information content (AvgIpc) is 2.96. The van der Waals surface area contributed by atoms with Gasteiger partial charge in [-0.3, -0.25) is 0 Å². The Morgan fingerprint density at radius 2 is 1.95 bits per heavy atom. The lowest BCUT2D eigenvalue weighted by atomic mass is 10.0. The summed E-state index contributed by atoms with van der Waals surface area (Å²) in [4.78, 5) is 0. The van der Waals surface area contributed by atoms with E-state index in [9.17, 15) is 0 Å². The number of thiophene rings is 1. The van der Waals surface area contributed by atoms with Crippen LogP contribution in [0.15, 0.2) is 41.1 Å². The van der Waals surface area contributed by atoms with Gasteiger partial charge in [-0.25, -0.2) is 0 Å². The molecule has 0 bridgehead atoms. The molecule has 1 aromatic heterocycles. The third-order valence-electron chi connectivity index (χ3n) is 3.13. The summed E-state index contributed by atoms with van der Waals surface area (Å²) in [6, 6.07) is 11.0. The van der Waals surface area contributed by atoms with Crippen molar-refractivity contribution in [1.82, 2.24) is 5.32 Å². The first-order valence-corrected chi connectivity index (χ1v) is 7.75. The smallest absolute Gasteiger partial charge is 0.119 e. The van der Waals surface area contributed by atoms with Crippen molar-refractivity contribution in [2.75, 3.05) is 6.54 Å². The van der Waals surface area contributed by atoms with Gasteiger partial charge in [-0.1, -0.05) is 26.0 Å². The van der Waals surface area contributed by atoms with Crippen molar-refractivity contribution >= 4 is 11.3 Å². The van der Waals surface area contributed by atoms with Crippen LogP contribution in [0.1, 0.15) is 37.4 Å². The molecular formula is C16H21NOS. The van der Waals surface area contributed by atoms with Crippen molar-refractivity contribution in [2.45, 2.75) is 32.9 Å². The van der Waals surface area contributed by atoms with Gasteiger partial charge in [0.25, 0.3) is 0 Å². The number of hydrogen-bond acceptors (Lipinski definition) is 3. The highest BCUT2D eigenvalue weighted by atomic mass is 32.1. The minimum absolute atomic E-state index is 0.441. The fraction of sp³-hybridized carbons (Fsp3) is 0.375. The molecule has 1 atom stereocenters. The second kappa shape index (κ2) is 7.31. The minimum Gasteiger partial charge on any atom is -0.489 e. The molecule has 1 N–H and O–H groups in total. The van der Waals surface area contributed by atoms with E-state index in [0.717, 1.165) is 18.7 Å². The molecule has 0 radical (unpaired) electrons. The van der Waals surface area contributed by atoms with Crippen LogP contribution in [0.5, 0.6) is 5.75 Å². The Balaban J connectivity index is 1.93. The first kappa shape index (κ1) is 14.1. The van der Waals surface area contributed by atoms with Crippen LogP contribution in [0, 0.1) is 0 Å². The molecule has 0 aliphatic rings. The van der Waals surface area contributed by atoms with Crippen LogP contribution in [-0.2, 0) is 6.61 Å². The van der Waals surface area contributed by atoms with Crippen LogP contribution in [0.3, 0.4) is 0 Å². The maximum Gasteiger partial charge on any atom is 0.119 e. The summed E-state index contributed by atoms with van der Waals surface area (Å²) in [6.45, 7) is 5.98.